The van der Waals surface area contributed by atoms with Crippen molar-refractivity contribution < 1.29 is 9.26 Å². The van der Waals surface area contributed by atoms with Crippen LogP contribution in [0.4, 0.5) is 0 Å². The van der Waals surface area contributed by atoms with Crippen LogP contribution < -0.4 is 5.32 Å². The van der Waals surface area contributed by atoms with Crippen LogP contribution in [0.3, 0.4) is 0 Å². The Bertz CT molecular complexity index is 359. The molecule has 5 heteroatoms. The van der Waals surface area contributed by atoms with Gasteiger partial charge in [0.2, 0.25) is 11.7 Å². The molecule has 0 bridgehead atoms. The van der Waals surface area contributed by atoms with Gasteiger partial charge >= 0.3 is 0 Å². The Labute approximate surface area is 108 Å². The van der Waals surface area contributed by atoms with E-state index >= 15 is 0 Å². The van der Waals surface area contributed by atoms with Gasteiger partial charge in [-0.25, -0.2) is 0 Å². The number of hydrogen-bond acceptors (Lipinski definition) is 5. The number of piperidine rings is 1. The van der Waals surface area contributed by atoms with Crippen LogP contribution in [0.2, 0.25) is 0 Å². The minimum Gasteiger partial charge on any atom is -0.370 e. The lowest BCUT2D eigenvalue weighted by Gasteiger charge is -2.19. The maximum Gasteiger partial charge on any atom is 0.229 e. The van der Waals surface area contributed by atoms with Crippen LogP contribution in [0, 0.1) is 5.92 Å². The van der Waals surface area contributed by atoms with Gasteiger partial charge in [-0.15, -0.1) is 0 Å². The molecule has 0 saturated carbocycles. The third-order valence-electron chi connectivity index (χ3n) is 3.35. The van der Waals surface area contributed by atoms with Crippen molar-refractivity contribution in [2.45, 2.75) is 45.6 Å². The SMILES string of the molecule is CCOC(c1noc(C2CCNCC2)n1)C(C)C. The summed E-state index contributed by atoms with van der Waals surface area (Å²) in [5, 5.41) is 7.44. The van der Waals surface area contributed by atoms with E-state index in [2.05, 4.69) is 29.3 Å². The third-order valence-corrected chi connectivity index (χ3v) is 3.35. The fourth-order valence-electron chi connectivity index (χ4n) is 2.34. The minimum atomic E-state index is -0.0609. The fraction of sp³-hybridized carbons (Fsp3) is 0.846. The molecule has 1 aliphatic rings. The topological polar surface area (TPSA) is 60.2 Å². The number of hydrogen-bond donors (Lipinski definition) is 1. The summed E-state index contributed by atoms with van der Waals surface area (Å²) >= 11 is 0. The van der Waals surface area contributed by atoms with E-state index in [1.807, 2.05) is 6.92 Å². The summed E-state index contributed by atoms with van der Waals surface area (Å²) in [7, 11) is 0. The lowest BCUT2D eigenvalue weighted by Crippen LogP contribution is -2.26. The van der Waals surface area contributed by atoms with Crippen molar-refractivity contribution in [2.24, 2.45) is 5.92 Å². The zero-order valence-electron chi connectivity index (χ0n) is 11.5. The Morgan fingerprint density at radius 1 is 1.39 bits per heavy atom. The predicted octanol–water partition coefficient (Wildman–Crippen LogP) is 2.27. The van der Waals surface area contributed by atoms with Gasteiger partial charge in [0.25, 0.3) is 0 Å². The molecule has 0 spiro atoms. The second kappa shape index (κ2) is 6.29. The molecule has 1 aromatic heterocycles. The van der Waals surface area contributed by atoms with Crippen LogP contribution in [0.5, 0.6) is 0 Å². The largest absolute Gasteiger partial charge is 0.370 e. The van der Waals surface area contributed by atoms with Crippen molar-refractivity contribution in [1.29, 1.82) is 0 Å². The van der Waals surface area contributed by atoms with Crippen molar-refractivity contribution in [3.05, 3.63) is 11.7 Å². The van der Waals surface area contributed by atoms with Gasteiger partial charge in [-0.3, -0.25) is 0 Å². The average Bonchev–Trinajstić information content (AvgIpc) is 2.86. The average molecular weight is 253 g/mol. The summed E-state index contributed by atoms with van der Waals surface area (Å²) in [4.78, 5) is 4.54. The van der Waals surface area contributed by atoms with Gasteiger partial charge < -0.3 is 14.6 Å². The molecule has 1 aliphatic heterocycles. The second-order valence-corrected chi connectivity index (χ2v) is 5.14. The highest BCUT2D eigenvalue weighted by atomic mass is 16.5. The quantitative estimate of drug-likeness (QED) is 0.872. The molecule has 0 amide bonds. The Hall–Kier alpha value is -0.940. The first kappa shape index (κ1) is 13.5. The molecule has 5 nitrogen and oxygen atoms in total. The van der Waals surface area contributed by atoms with E-state index in [9.17, 15) is 0 Å². The fourth-order valence-corrected chi connectivity index (χ4v) is 2.34. The van der Waals surface area contributed by atoms with E-state index in [1.54, 1.807) is 0 Å². The first-order chi connectivity index (χ1) is 8.72. The Morgan fingerprint density at radius 3 is 2.72 bits per heavy atom. The van der Waals surface area contributed by atoms with Crippen LogP contribution in [0.25, 0.3) is 0 Å². The molecule has 18 heavy (non-hydrogen) atoms. The summed E-state index contributed by atoms with van der Waals surface area (Å²) in [6.45, 7) is 8.94. The summed E-state index contributed by atoms with van der Waals surface area (Å²) < 4.78 is 11.1. The number of nitrogens with zero attached hydrogens (tertiary/aromatic N) is 2. The first-order valence-corrected chi connectivity index (χ1v) is 6.88. The van der Waals surface area contributed by atoms with Crippen LogP contribution >= 0.6 is 0 Å². The van der Waals surface area contributed by atoms with Gasteiger partial charge in [0.15, 0.2) is 0 Å². The standard InChI is InChI=1S/C13H23N3O2/c1-4-17-11(9(2)3)12-15-13(18-16-12)10-5-7-14-8-6-10/h9-11,14H,4-8H2,1-3H3. The lowest BCUT2D eigenvalue weighted by atomic mass is 9.98. The van der Waals surface area contributed by atoms with Crippen LogP contribution in [0.15, 0.2) is 4.52 Å². The number of aromatic nitrogens is 2. The van der Waals surface area contributed by atoms with Crippen LogP contribution in [-0.4, -0.2) is 29.8 Å². The lowest BCUT2D eigenvalue weighted by molar-refractivity contribution is 0.0217. The molecule has 0 radical (unpaired) electrons. The van der Waals surface area contributed by atoms with Gasteiger partial charge in [0.05, 0.1) is 0 Å². The van der Waals surface area contributed by atoms with Crippen molar-refractivity contribution in [2.75, 3.05) is 19.7 Å². The van der Waals surface area contributed by atoms with Crippen molar-refractivity contribution in [3.8, 4) is 0 Å². The van der Waals surface area contributed by atoms with Gasteiger partial charge in [-0.2, -0.15) is 4.98 Å². The van der Waals surface area contributed by atoms with Crippen LogP contribution in [0.1, 0.15) is 57.3 Å². The highest BCUT2D eigenvalue weighted by molar-refractivity contribution is 4.99. The molecule has 2 rings (SSSR count). The Balaban J connectivity index is 2.07. The number of ether oxygens (including phenoxy) is 1. The van der Waals surface area contributed by atoms with E-state index in [1.165, 1.54) is 0 Å². The molecule has 0 aliphatic carbocycles. The predicted molar refractivity (Wildman–Crippen MR) is 68.3 cm³/mol. The molecule has 1 unspecified atom stereocenters. The Morgan fingerprint density at radius 2 is 2.11 bits per heavy atom. The highest BCUT2D eigenvalue weighted by Gasteiger charge is 2.26. The normalized spacial score (nSPS) is 19.3. The smallest absolute Gasteiger partial charge is 0.229 e. The van der Waals surface area contributed by atoms with Gasteiger partial charge in [0.1, 0.15) is 6.10 Å². The van der Waals surface area contributed by atoms with Crippen molar-refractivity contribution in [3.63, 3.8) is 0 Å². The van der Waals surface area contributed by atoms with E-state index < -0.39 is 0 Å². The monoisotopic (exact) mass is 253 g/mol. The molecule has 1 aromatic rings. The maximum atomic E-state index is 5.69. The van der Waals surface area contributed by atoms with Crippen LogP contribution in [-0.2, 0) is 4.74 Å². The first-order valence-electron chi connectivity index (χ1n) is 6.88. The van der Waals surface area contributed by atoms with E-state index in [-0.39, 0.29) is 6.10 Å². The zero-order valence-corrected chi connectivity index (χ0v) is 11.5. The van der Waals surface area contributed by atoms with E-state index in [0.717, 1.165) is 31.8 Å². The molecule has 0 aromatic carbocycles. The Kier molecular flexibility index (Phi) is 4.72. The highest BCUT2D eigenvalue weighted by Crippen LogP contribution is 2.28. The molecular weight excluding hydrogens is 230 g/mol. The molecule has 1 N–H and O–H groups in total. The van der Waals surface area contributed by atoms with Gasteiger partial charge in [0, 0.05) is 12.5 Å². The number of nitrogens with one attached hydrogen (secondary N) is 1. The van der Waals surface area contributed by atoms with Gasteiger partial charge in [-0.05, 0) is 38.8 Å². The molecular formula is C13H23N3O2. The summed E-state index contributed by atoms with van der Waals surface area (Å²) in [5.41, 5.74) is 0. The second-order valence-electron chi connectivity index (χ2n) is 5.14. The van der Waals surface area contributed by atoms with Crippen molar-refractivity contribution in [1.82, 2.24) is 15.5 Å². The van der Waals surface area contributed by atoms with Gasteiger partial charge in [-0.1, -0.05) is 19.0 Å². The van der Waals surface area contributed by atoms with E-state index in [4.69, 9.17) is 9.26 Å². The molecule has 1 fully saturated rings. The molecule has 1 saturated heterocycles. The van der Waals surface area contributed by atoms with Crippen molar-refractivity contribution >= 4 is 0 Å². The zero-order chi connectivity index (χ0) is 13.0. The molecule has 2 heterocycles. The number of rotatable bonds is 5. The summed E-state index contributed by atoms with van der Waals surface area (Å²) in [6, 6.07) is 0. The summed E-state index contributed by atoms with van der Waals surface area (Å²) in [5.74, 6) is 2.22. The molecule has 102 valence electrons. The maximum absolute atomic E-state index is 5.69. The minimum absolute atomic E-state index is 0.0609. The third kappa shape index (κ3) is 3.09. The summed E-state index contributed by atoms with van der Waals surface area (Å²) in [6.07, 6.45) is 2.08. The van der Waals surface area contributed by atoms with E-state index in [0.29, 0.717) is 24.3 Å². The molecule has 1 atom stereocenters.